The Morgan fingerprint density at radius 2 is 1.72 bits per heavy atom. The van der Waals surface area contributed by atoms with E-state index >= 15 is 0 Å². The third kappa shape index (κ3) is 8.55. The van der Waals surface area contributed by atoms with Crippen molar-refractivity contribution in [2.45, 2.75) is 61.6 Å². The second-order valence-corrected chi connectivity index (χ2v) is 13.7. The molecule has 8 nitrogen and oxygen atoms in total. The first-order chi connectivity index (χ1) is 20.6. The molecular weight excluding hydrogens is 583 g/mol. The summed E-state index contributed by atoms with van der Waals surface area (Å²) in [4.78, 5) is 42.7. The van der Waals surface area contributed by atoms with Crippen molar-refractivity contribution < 1.29 is 24.2 Å². The summed E-state index contributed by atoms with van der Waals surface area (Å²) in [6, 6.07) is 22.9. The lowest BCUT2D eigenvalue weighted by atomic mass is 9.97. The lowest BCUT2D eigenvalue weighted by molar-refractivity contribution is -0.147. The van der Waals surface area contributed by atoms with Crippen molar-refractivity contribution in [3.8, 4) is 5.75 Å². The Hall–Kier alpha value is -3.47. The first-order valence-electron chi connectivity index (χ1n) is 14.1. The quantitative estimate of drug-likeness (QED) is 0.261. The molecule has 4 rings (SSSR count). The average Bonchev–Trinajstić information content (AvgIpc) is 3.33. The number of aryl methyl sites for hydroxylation is 1. The molecule has 3 atom stereocenters. The highest BCUT2D eigenvalue weighted by atomic mass is 32.2. The molecule has 1 aliphatic rings. The number of aliphatic hydroxyl groups is 1. The summed E-state index contributed by atoms with van der Waals surface area (Å²) in [6.45, 7) is 6.18. The monoisotopic (exact) mass is 621 g/mol. The van der Waals surface area contributed by atoms with Gasteiger partial charge in [0.15, 0.2) is 6.10 Å². The number of amides is 3. The molecule has 1 fully saturated rings. The summed E-state index contributed by atoms with van der Waals surface area (Å²) in [7, 11) is 1.59. The van der Waals surface area contributed by atoms with E-state index in [1.54, 1.807) is 7.11 Å². The predicted octanol–water partition coefficient (Wildman–Crippen LogP) is 4.18. The minimum Gasteiger partial charge on any atom is -0.497 e. The van der Waals surface area contributed by atoms with Crippen LogP contribution in [0.3, 0.4) is 0 Å². The molecule has 0 saturated carbocycles. The zero-order valence-corrected chi connectivity index (χ0v) is 26.5. The molecule has 3 unspecified atom stereocenters. The molecule has 228 valence electrons. The number of carbonyl (C=O) groups excluding carboxylic acids is 3. The number of methoxy groups -OCH3 is 1. The smallest absolute Gasteiger partial charge is 0.254 e. The average molecular weight is 622 g/mol. The SMILES string of the molecule is COc1ccc(SCC(=O)NC(Cc2ccccc2)C(O)C(=O)N2CSC(C)(C)C2C(=O)NCc2ccccc2C)cc1. The number of hydrogen-bond donors (Lipinski definition) is 3. The second-order valence-electron chi connectivity index (χ2n) is 11.0. The summed E-state index contributed by atoms with van der Waals surface area (Å²) in [5.41, 5.74) is 2.93. The fraction of sp³-hybridized carbons (Fsp3) is 0.364. The fourth-order valence-electron chi connectivity index (χ4n) is 5.02. The van der Waals surface area contributed by atoms with E-state index in [0.717, 1.165) is 27.3 Å². The molecule has 3 amide bonds. The Kier molecular flexibility index (Phi) is 11.2. The molecule has 43 heavy (non-hydrogen) atoms. The van der Waals surface area contributed by atoms with Gasteiger partial charge in [0.1, 0.15) is 11.8 Å². The third-order valence-electron chi connectivity index (χ3n) is 7.50. The third-order valence-corrected chi connectivity index (χ3v) is 9.89. The molecule has 10 heteroatoms. The summed E-state index contributed by atoms with van der Waals surface area (Å²) in [5, 5.41) is 17.3. The number of nitrogens with zero attached hydrogens (tertiary/aromatic N) is 1. The fourth-order valence-corrected chi connectivity index (χ4v) is 6.87. The highest BCUT2D eigenvalue weighted by Gasteiger charge is 2.49. The van der Waals surface area contributed by atoms with E-state index in [1.165, 1.54) is 28.4 Å². The Morgan fingerprint density at radius 3 is 2.40 bits per heavy atom. The molecule has 1 aliphatic heterocycles. The Bertz CT molecular complexity index is 1400. The van der Waals surface area contributed by atoms with Gasteiger partial charge in [0.05, 0.1) is 24.8 Å². The summed E-state index contributed by atoms with van der Waals surface area (Å²) in [5.74, 6) is -0.0859. The van der Waals surface area contributed by atoms with E-state index in [0.29, 0.717) is 6.54 Å². The Morgan fingerprint density at radius 1 is 1.05 bits per heavy atom. The van der Waals surface area contributed by atoms with Crippen molar-refractivity contribution in [2.24, 2.45) is 0 Å². The molecule has 3 aromatic rings. The zero-order valence-electron chi connectivity index (χ0n) is 24.9. The topological polar surface area (TPSA) is 108 Å². The molecule has 3 N–H and O–H groups in total. The van der Waals surface area contributed by atoms with Gasteiger partial charge in [-0.25, -0.2) is 0 Å². The van der Waals surface area contributed by atoms with Crippen molar-refractivity contribution in [1.82, 2.24) is 15.5 Å². The van der Waals surface area contributed by atoms with Gasteiger partial charge >= 0.3 is 0 Å². The molecule has 0 radical (unpaired) electrons. The minimum atomic E-state index is -1.55. The van der Waals surface area contributed by atoms with Crippen molar-refractivity contribution in [3.05, 3.63) is 95.6 Å². The number of aliphatic hydroxyl groups excluding tert-OH is 1. The minimum absolute atomic E-state index is 0.106. The van der Waals surface area contributed by atoms with Crippen molar-refractivity contribution in [2.75, 3.05) is 18.7 Å². The van der Waals surface area contributed by atoms with Gasteiger partial charge in [0.25, 0.3) is 5.91 Å². The molecule has 0 aliphatic carbocycles. The molecule has 0 aromatic heterocycles. The number of rotatable bonds is 12. The maximum atomic E-state index is 13.8. The van der Waals surface area contributed by atoms with Crippen LogP contribution in [-0.2, 0) is 27.3 Å². The normalized spacial score (nSPS) is 17.1. The maximum Gasteiger partial charge on any atom is 0.254 e. The molecule has 0 bridgehead atoms. The van der Waals surface area contributed by atoms with Crippen molar-refractivity contribution >= 4 is 41.2 Å². The number of benzene rings is 3. The van der Waals surface area contributed by atoms with Gasteiger partial charge in [-0.2, -0.15) is 0 Å². The molecule has 1 saturated heterocycles. The number of thioether (sulfide) groups is 2. The van der Waals surface area contributed by atoms with Crippen LogP contribution >= 0.6 is 23.5 Å². The lowest BCUT2D eigenvalue weighted by Crippen LogP contribution is -2.58. The predicted molar refractivity (Wildman–Crippen MR) is 172 cm³/mol. The number of hydrogen-bond acceptors (Lipinski definition) is 7. The van der Waals surface area contributed by atoms with Gasteiger partial charge < -0.3 is 25.4 Å². The molecular formula is C33H39N3O5S2. The van der Waals surface area contributed by atoms with E-state index in [-0.39, 0.29) is 29.9 Å². The highest BCUT2D eigenvalue weighted by molar-refractivity contribution is 8.01. The van der Waals surface area contributed by atoms with Crippen LogP contribution < -0.4 is 15.4 Å². The van der Waals surface area contributed by atoms with Crippen LogP contribution in [0.5, 0.6) is 5.75 Å². The number of nitrogens with one attached hydrogen (secondary N) is 2. The molecule has 1 heterocycles. The zero-order chi connectivity index (χ0) is 31.0. The second kappa shape index (κ2) is 14.8. The summed E-state index contributed by atoms with van der Waals surface area (Å²) in [6.07, 6.45) is -1.29. The standard InChI is InChI=1S/C33H39N3O5S2/c1-22-10-8-9-13-24(22)19-34-31(39)30-33(2,3)43-21-36(30)32(40)29(38)27(18-23-11-6-5-7-12-23)35-28(37)20-42-26-16-14-25(41-4)15-17-26/h5-17,27,29-30,38H,18-21H2,1-4H3,(H,34,39)(H,35,37). The Balaban J connectivity index is 1.47. The van der Waals surface area contributed by atoms with Crippen molar-refractivity contribution in [1.29, 1.82) is 0 Å². The van der Waals surface area contributed by atoms with E-state index in [9.17, 15) is 19.5 Å². The van der Waals surface area contributed by atoms with E-state index in [4.69, 9.17) is 4.74 Å². The van der Waals surface area contributed by atoms with Crippen LogP contribution in [0, 0.1) is 6.92 Å². The number of ether oxygens (including phenoxy) is 1. The summed E-state index contributed by atoms with van der Waals surface area (Å²) >= 11 is 2.84. The van der Waals surface area contributed by atoms with Gasteiger partial charge in [-0.15, -0.1) is 23.5 Å². The van der Waals surface area contributed by atoms with Crippen LogP contribution in [0.25, 0.3) is 0 Å². The Labute approximate surface area is 262 Å². The first-order valence-corrected chi connectivity index (χ1v) is 16.1. The summed E-state index contributed by atoms with van der Waals surface area (Å²) < 4.78 is 4.62. The first kappa shape index (κ1) is 32.4. The van der Waals surface area contributed by atoms with Gasteiger partial charge in [-0.05, 0) is 68.1 Å². The van der Waals surface area contributed by atoms with Crippen LogP contribution in [0.15, 0.2) is 83.8 Å². The van der Waals surface area contributed by atoms with E-state index < -0.39 is 28.8 Å². The largest absolute Gasteiger partial charge is 0.497 e. The van der Waals surface area contributed by atoms with Crippen LogP contribution in [-0.4, -0.2) is 69.4 Å². The lowest BCUT2D eigenvalue weighted by Gasteiger charge is -2.33. The maximum absolute atomic E-state index is 13.8. The molecule has 3 aromatic carbocycles. The number of carbonyl (C=O) groups is 3. The van der Waals surface area contributed by atoms with Gasteiger partial charge in [0.2, 0.25) is 11.8 Å². The van der Waals surface area contributed by atoms with Gasteiger partial charge in [0, 0.05) is 16.2 Å². The van der Waals surface area contributed by atoms with Crippen LogP contribution in [0.2, 0.25) is 0 Å². The van der Waals surface area contributed by atoms with Gasteiger partial charge in [-0.1, -0.05) is 54.6 Å². The van der Waals surface area contributed by atoms with Gasteiger partial charge in [-0.3, -0.25) is 14.4 Å². The van der Waals surface area contributed by atoms with E-state index in [1.807, 2.05) is 99.6 Å². The van der Waals surface area contributed by atoms with Crippen LogP contribution in [0.4, 0.5) is 0 Å². The van der Waals surface area contributed by atoms with Crippen LogP contribution in [0.1, 0.15) is 30.5 Å². The molecule has 0 spiro atoms. The highest BCUT2D eigenvalue weighted by Crippen LogP contribution is 2.40. The van der Waals surface area contributed by atoms with Crippen molar-refractivity contribution in [3.63, 3.8) is 0 Å². The van der Waals surface area contributed by atoms with E-state index in [2.05, 4.69) is 10.6 Å².